The van der Waals surface area contributed by atoms with Gasteiger partial charge in [-0.15, -0.1) is 0 Å². The smallest absolute Gasteiger partial charge is 0.272 e. The van der Waals surface area contributed by atoms with Gasteiger partial charge >= 0.3 is 0 Å². The molecular formula is C14H11ClN2O3. The zero-order valence-corrected chi connectivity index (χ0v) is 11.1. The summed E-state index contributed by atoms with van der Waals surface area (Å²) < 4.78 is 0. The van der Waals surface area contributed by atoms with E-state index >= 15 is 0 Å². The summed E-state index contributed by atoms with van der Waals surface area (Å²) in [6.45, 7) is 0. The van der Waals surface area contributed by atoms with Gasteiger partial charge in [0.05, 0.1) is 10.6 Å². The molecule has 0 atom stereocenters. The molecule has 0 unspecified atom stereocenters. The molecule has 0 bridgehead atoms. The molecule has 0 aliphatic rings. The highest BCUT2D eigenvalue weighted by Gasteiger charge is 2.17. The Morgan fingerprint density at radius 1 is 1.20 bits per heavy atom. The molecule has 0 fully saturated rings. The number of para-hydroxylation sites is 1. The van der Waals surface area contributed by atoms with E-state index < -0.39 is 4.92 Å². The van der Waals surface area contributed by atoms with Crippen LogP contribution in [0.25, 0.3) is 0 Å². The van der Waals surface area contributed by atoms with Crippen LogP contribution in [-0.4, -0.2) is 15.8 Å². The molecule has 5 nitrogen and oxygen atoms in total. The zero-order valence-electron chi connectivity index (χ0n) is 10.4. The predicted octanol–water partition coefficient (Wildman–Crippen LogP) is 3.67. The second kappa shape index (κ2) is 6.16. The lowest BCUT2D eigenvalue weighted by Gasteiger charge is -2.07. The summed E-state index contributed by atoms with van der Waals surface area (Å²) in [5, 5.41) is 23.8. The molecule has 0 aliphatic heterocycles. The number of nitro groups is 1. The van der Waals surface area contributed by atoms with Crippen molar-refractivity contribution in [1.82, 2.24) is 0 Å². The highest BCUT2D eigenvalue weighted by molar-refractivity contribution is 6.34. The van der Waals surface area contributed by atoms with Crippen molar-refractivity contribution in [2.45, 2.75) is 6.42 Å². The number of oxime groups is 1. The Kier molecular flexibility index (Phi) is 4.32. The van der Waals surface area contributed by atoms with Gasteiger partial charge in [0.15, 0.2) is 0 Å². The Bertz CT molecular complexity index is 671. The Morgan fingerprint density at radius 3 is 2.50 bits per heavy atom. The lowest BCUT2D eigenvalue weighted by molar-refractivity contribution is -0.385. The number of nitro benzene ring substituents is 1. The minimum absolute atomic E-state index is 0.0132. The van der Waals surface area contributed by atoms with Gasteiger partial charge in [-0.1, -0.05) is 53.2 Å². The fraction of sp³-hybridized carbons (Fsp3) is 0.0714. The van der Waals surface area contributed by atoms with Crippen molar-refractivity contribution in [1.29, 1.82) is 0 Å². The third kappa shape index (κ3) is 2.95. The Hall–Kier alpha value is -2.40. The summed E-state index contributed by atoms with van der Waals surface area (Å²) >= 11 is 6.04. The van der Waals surface area contributed by atoms with E-state index in [0.717, 1.165) is 0 Å². The minimum atomic E-state index is -0.461. The van der Waals surface area contributed by atoms with Crippen LogP contribution in [0, 0.1) is 10.1 Å². The first kappa shape index (κ1) is 14.0. The molecule has 0 amide bonds. The number of halogens is 1. The van der Waals surface area contributed by atoms with E-state index in [1.807, 2.05) is 0 Å². The monoisotopic (exact) mass is 290 g/mol. The number of hydrogen-bond acceptors (Lipinski definition) is 4. The van der Waals surface area contributed by atoms with Gasteiger partial charge in [0.1, 0.15) is 0 Å². The SMILES string of the molecule is O=[N+]([O-])c1ccccc1C/C(=N\O)c1ccccc1Cl. The van der Waals surface area contributed by atoms with Crippen LogP contribution in [0.3, 0.4) is 0 Å². The van der Waals surface area contributed by atoms with Gasteiger partial charge in [-0.3, -0.25) is 10.1 Å². The molecule has 2 aromatic carbocycles. The van der Waals surface area contributed by atoms with Crippen molar-refractivity contribution in [3.63, 3.8) is 0 Å². The first-order valence-corrected chi connectivity index (χ1v) is 6.19. The molecule has 0 spiro atoms. The normalized spacial score (nSPS) is 11.3. The van der Waals surface area contributed by atoms with Crippen molar-refractivity contribution >= 4 is 23.0 Å². The second-order valence-corrected chi connectivity index (χ2v) is 4.50. The van der Waals surface area contributed by atoms with Gasteiger partial charge in [-0.05, 0) is 6.07 Å². The van der Waals surface area contributed by atoms with Gasteiger partial charge in [-0.25, -0.2) is 0 Å². The van der Waals surface area contributed by atoms with Crippen LogP contribution < -0.4 is 0 Å². The third-order valence-corrected chi connectivity index (χ3v) is 3.18. The van der Waals surface area contributed by atoms with Crippen molar-refractivity contribution in [2.75, 3.05) is 0 Å². The lowest BCUT2D eigenvalue weighted by Crippen LogP contribution is -2.08. The van der Waals surface area contributed by atoms with E-state index in [4.69, 9.17) is 16.8 Å². The van der Waals surface area contributed by atoms with Crippen LogP contribution in [0.1, 0.15) is 11.1 Å². The summed E-state index contributed by atoms with van der Waals surface area (Å²) in [5.74, 6) is 0. The Balaban J connectivity index is 2.38. The van der Waals surface area contributed by atoms with Crippen molar-refractivity contribution in [3.05, 3.63) is 74.8 Å². The molecule has 0 aromatic heterocycles. The summed E-state index contributed by atoms with van der Waals surface area (Å²) in [4.78, 5) is 10.5. The molecule has 0 aliphatic carbocycles. The van der Waals surface area contributed by atoms with E-state index in [1.165, 1.54) is 6.07 Å². The standard InChI is InChI=1S/C14H11ClN2O3/c15-12-7-3-2-6-11(12)13(16-18)9-10-5-1-4-8-14(10)17(19)20/h1-8,18H,9H2/b16-13+. The Labute approximate surface area is 120 Å². The fourth-order valence-electron chi connectivity index (χ4n) is 1.90. The van der Waals surface area contributed by atoms with Crippen LogP contribution in [0.5, 0.6) is 0 Å². The topological polar surface area (TPSA) is 75.7 Å². The molecule has 0 radical (unpaired) electrons. The zero-order chi connectivity index (χ0) is 14.5. The molecule has 1 N–H and O–H groups in total. The molecule has 102 valence electrons. The van der Waals surface area contributed by atoms with Crippen LogP contribution in [0.2, 0.25) is 5.02 Å². The maximum absolute atomic E-state index is 11.0. The van der Waals surface area contributed by atoms with Crippen molar-refractivity contribution in [3.8, 4) is 0 Å². The molecule has 20 heavy (non-hydrogen) atoms. The first-order valence-electron chi connectivity index (χ1n) is 5.81. The number of hydrogen-bond donors (Lipinski definition) is 1. The fourth-order valence-corrected chi connectivity index (χ4v) is 2.14. The van der Waals surface area contributed by atoms with E-state index in [1.54, 1.807) is 42.5 Å². The number of nitrogens with zero attached hydrogens (tertiary/aromatic N) is 2. The first-order chi connectivity index (χ1) is 9.63. The molecule has 2 rings (SSSR count). The molecule has 2 aromatic rings. The number of rotatable bonds is 4. The minimum Gasteiger partial charge on any atom is -0.411 e. The summed E-state index contributed by atoms with van der Waals surface area (Å²) in [7, 11) is 0. The third-order valence-electron chi connectivity index (χ3n) is 2.85. The highest BCUT2D eigenvalue weighted by atomic mass is 35.5. The van der Waals surface area contributed by atoms with E-state index in [-0.39, 0.29) is 17.8 Å². The second-order valence-electron chi connectivity index (χ2n) is 4.09. The average Bonchev–Trinajstić information content (AvgIpc) is 2.46. The molecule has 0 heterocycles. The van der Waals surface area contributed by atoms with Gasteiger partial charge in [0, 0.05) is 28.6 Å². The summed E-state index contributed by atoms with van der Waals surface area (Å²) in [6, 6.07) is 13.2. The van der Waals surface area contributed by atoms with Crippen LogP contribution in [-0.2, 0) is 6.42 Å². The predicted molar refractivity (Wildman–Crippen MR) is 76.6 cm³/mol. The molecule has 6 heteroatoms. The quantitative estimate of drug-likeness (QED) is 0.404. The van der Waals surface area contributed by atoms with Gasteiger partial charge in [-0.2, -0.15) is 0 Å². The summed E-state index contributed by atoms with van der Waals surface area (Å²) in [5.41, 5.74) is 1.28. The molecule has 0 saturated heterocycles. The lowest BCUT2D eigenvalue weighted by atomic mass is 10.0. The van der Waals surface area contributed by atoms with Crippen LogP contribution in [0.4, 0.5) is 5.69 Å². The summed E-state index contributed by atoms with van der Waals surface area (Å²) in [6.07, 6.45) is 0.122. The molecule has 0 saturated carbocycles. The van der Waals surface area contributed by atoms with Crippen LogP contribution >= 0.6 is 11.6 Å². The maximum Gasteiger partial charge on any atom is 0.272 e. The van der Waals surface area contributed by atoms with Gasteiger partial charge in [0.25, 0.3) is 5.69 Å². The largest absolute Gasteiger partial charge is 0.411 e. The maximum atomic E-state index is 11.0. The highest BCUT2D eigenvalue weighted by Crippen LogP contribution is 2.22. The van der Waals surface area contributed by atoms with Gasteiger partial charge < -0.3 is 5.21 Å². The van der Waals surface area contributed by atoms with Crippen LogP contribution in [0.15, 0.2) is 53.7 Å². The van der Waals surface area contributed by atoms with E-state index in [9.17, 15) is 10.1 Å². The average molecular weight is 291 g/mol. The van der Waals surface area contributed by atoms with E-state index in [2.05, 4.69) is 5.16 Å². The van der Waals surface area contributed by atoms with E-state index in [0.29, 0.717) is 16.1 Å². The molecular weight excluding hydrogens is 280 g/mol. The number of benzene rings is 2. The van der Waals surface area contributed by atoms with Crippen molar-refractivity contribution in [2.24, 2.45) is 5.16 Å². The van der Waals surface area contributed by atoms with Crippen molar-refractivity contribution < 1.29 is 10.1 Å². The van der Waals surface area contributed by atoms with Gasteiger partial charge in [0.2, 0.25) is 0 Å². The Morgan fingerprint density at radius 2 is 1.85 bits per heavy atom.